The van der Waals surface area contributed by atoms with Crippen molar-refractivity contribution in [3.8, 4) is 0 Å². The molecular weight excluding hydrogens is 320 g/mol. The molecule has 0 radical (unpaired) electrons. The number of aromatic nitrogens is 2. The lowest BCUT2D eigenvalue weighted by Gasteiger charge is -2.15. The SMILES string of the molecule is C[Si](C)(C)CCOCn1ccc2c(CBr)ccnc21. The molecule has 3 nitrogen and oxygen atoms in total. The normalized spacial score (nSPS) is 12.2. The maximum atomic E-state index is 5.78. The average molecular weight is 341 g/mol. The van der Waals surface area contributed by atoms with E-state index in [1.54, 1.807) is 0 Å². The molecule has 0 unspecified atom stereocenters. The summed E-state index contributed by atoms with van der Waals surface area (Å²) in [7, 11) is -1.00. The molecule has 19 heavy (non-hydrogen) atoms. The topological polar surface area (TPSA) is 27.1 Å². The van der Waals surface area contributed by atoms with Gasteiger partial charge in [-0.15, -0.1) is 0 Å². The Labute approximate surface area is 124 Å². The number of hydrogen-bond donors (Lipinski definition) is 0. The molecule has 0 aliphatic rings. The Morgan fingerprint density at radius 1 is 1.32 bits per heavy atom. The van der Waals surface area contributed by atoms with Gasteiger partial charge in [0.25, 0.3) is 0 Å². The highest BCUT2D eigenvalue weighted by Gasteiger charge is 2.12. The Morgan fingerprint density at radius 3 is 2.79 bits per heavy atom. The van der Waals surface area contributed by atoms with Gasteiger partial charge in [0.15, 0.2) is 0 Å². The van der Waals surface area contributed by atoms with E-state index in [9.17, 15) is 0 Å². The van der Waals surface area contributed by atoms with Crippen LogP contribution in [-0.4, -0.2) is 24.2 Å². The standard InChI is InChI=1S/C14H21BrN2OSi/c1-19(2,3)9-8-18-11-17-7-5-13-12(10-15)4-6-16-14(13)17/h4-7H,8-11H2,1-3H3. The zero-order valence-electron chi connectivity index (χ0n) is 11.8. The van der Waals surface area contributed by atoms with E-state index in [0.717, 1.165) is 17.6 Å². The molecule has 0 aromatic carbocycles. The molecule has 0 aliphatic carbocycles. The second-order valence-corrected chi connectivity index (χ2v) is 12.2. The van der Waals surface area contributed by atoms with Crippen molar-refractivity contribution in [2.24, 2.45) is 0 Å². The van der Waals surface area contributed by atoms with Gasteiger partial charge in [-0.1, -0.05) is 35.6 Å². The largest absolute Gasteiger partial charge is 0.361 e. The molecule has 0 amide bonds. The van der Waals surface area contributed by atoms with Crippen LogP contribution in [0.25, 0.3) is 11.0 Å². The first-order chi connectivity index (χ1) is 9.01. The van der Waals surface area contributed by atoms with Crippen LogP contribution in [0.3, 0.4) is 0 Å². The van der Waals surface area contributed by atoms with Crippen LogP contribution in [0.4, 0.5) is 0 Å². The number of nitrogens with zero attached hydrogens (tertiary/aromatic N) is 2. The monoisotopic (exact) mass is 340 g/mol. The average Bonchev–Trinajstić information content (AvgIpc) is 2.76. The number of fused-ring (bicyclic) bond motifs is 1. The summed E-state index contributed by atoms with van der Waals surface area (Å²) < 4.78 is 7.86. The summed E-state index contributed by atoms with van der Waals surface area (Å²) >= 11 is 3.51. The van der Waals surface area contributed by atoms with Crippen molar-refractivity contribution in [2.45, 2.75) is 37.7 Å². The summed E-state index contributed by atoms with van der Waals surface area (Å²) in [6.07, 6.45) is 3.91. The van der Waals surface area contributed by atoms with Gasteiger partial charge in [0.05, 0.1) is 0 Å². The molecule has 104 valence electrons. The van der Waals surface area contributed by atoms with Crippen LogP contribution >= 0.6 is 15.9 Å². The minimum atomic E-state index is -1.00. The molecule has 0 fully saturated rings. The van der Waals surface area contributed by atoms with Gasteiger partial charge in [0.2, 0.25) is 0 Å². The Bertz CT molecular complexity index is 548. The van der Waals surface area contributed by atoms with E-state index in [1.165, 1.54) is 17.0 Å². The fourth-order valence-electron chi connectivity index (χ4n) is 1.91. The number of alkyl halides is 1. The molecule has 2 rings (SSSR count). The minimum Gasteiger partial charge on any atom is -0.361 e. The summed E-state index contributed by atoms with van der Waals surface area (Å²) in [5, 5.41) is 2.06. The maximum absolute atomic E-state index is 5.78. The predicted molar refractivity (Wildman–Crippen MR) is 86.5 cm³/mol. The Balaban J connectivity index is 2.02. The first kappa shape index (κ1) is 14.7. The molecule has 0 aliphatic heterocycles. The summed E-state index contributed by atoms with van der Waals surface area (Å²) in [5.74, 6) is 0. The van der Waals surface area contributed by atoms with Crippen LogP contribution in [-0.2, 0) is 16.8 Å². The van der Waals surface area contributed by atoms with E-state index >= 15 is 0 Å². The van der Waals surface area contributed by atoms with Crippen LogP contribution in [0.2, 0.25) is 25.7 Å². The molecule has 5 heteroatoms. The van der Waals surface area contributed by atoms with Crippen molar-refractivity contribution in [1.82, 2.24) is 9.55 Å². The summed E-state index contributed by atoms with van der Waals surface area (Å²) in [4.78, 5) is 4.45. The van der Waals surface area contributed by atoms with Crippen LogP contribution in [0.15, 0.2) is 24.5 Å². The second kappa shape index (κ2) is 6.20. The lowest BCUT2D eigenvalue weighted by Crippen LogP contribution is -2.22. The summed E-state index contributed by atoms with van der Waals surface area (Å²) in [6, 6.07) is 5.36. The van der Waals surface area contributed by atoms with Crippen LogP contribution in [0.5, 0.6) is 0 Å². The highest BCUT2D eigenvalue weighted by Crippen LogP contribution is 2.20. The van der Waals surface area contributed by atoms with Crippen molar-refractivity contribution in [3.63, 3.8) is 0 Å². The van der Waals surface area contributed by atoms with Crippen molar-refractivity contribution in [1.29, 1.82) is 0 Å². The highest BCUT2D eigenvalue weighted by molar-refractivity contribution is 9.08. The third-order valence-corrected chi connectivity index (χ3v) is 5.43. The molecule has 0 spiro atoms. The van der Waals surface area contributed by atoms with Gasteiger partial charge >= 0.3 is 0 Å². The van der Waals surface area contributed by atoms with E-state index in [0.29, 0.717) is 6.73 Å². The Morgan fingerprint density at radius 2 is 2.11 bits per heavy atom. The molecule has 0 bridgehead atoms. The second-order valence-electron chi connectivity index (χ2n) is 5.97. The van der Waals surface area contributed by atoms with Gasteiger partial charge in [-0.3, -0.25) is 0 Å². The first-order valence-electron chi connectivity index (χ1n) is 6.58. The van der Waals surface area contributed by atoms with Gasteiger partial charge in [0, 0.05) is 37.8 Å². The van der Waals surface area contributed by atoms with E-state index in [4.69, 9.17) is 4.74 Å². The predicted octanol–water partition coefficient (Wildman–Crippen LogP) is 4.24. The highest BCUT2D eigenvalue weighted by atomic mass is 79.9. The molecule has 0 saturated heterocycles. The van der Waals surface area contributed by atoms with Crippen molar-refractivity contribution < 1.29 is 4.74 Å². The number of halogens is 1. The summed E-state index contributed by atoms with van der Waals surface area (Å²) in [6.45, 7) is 8.53. The van der Waals surface area contributed by atoms with E-state index < -0.39 is 8.07 Å². The van der Waals surface area contributed by atoms with Crippen molar-refractivity contribution in [3.05, 3.63) is 30.1 Å². The number of hydrogen-bond acceptors (Lipinski definition) is 2. The fourth-order valence-corrected chi connectivity index (χ4v) is 3.15. The molecule has 2 aromatic heterocycles. The zero-order valence-corrected chi connectivity index (χ0v) is 14.4. The quantitative estimate of drug-likeness (QED) is 0.446. The first-order valence-corrected chi connectivity index (χ1v) is 11.4. The van der Waals surface area contributed by atoms with Crippen LogP contribution < -0.4 is 0 Å². The third kappa shape index (κ3) is 3.90. The minimum absolute atomic E-state index is 0.590. The zero-order chi connectivity index (χ0) is 13.9. The Kier molecular flexibility index (Phi) is 4.81. The van der Waals surface area contributed by atoms with E-state index in [-0.39, 0.29) is 0 Å². The molecular formula is C14H21BrN2OSi. The van der Waals surface area contributed by atoms with Gasteiger partial charge in [-0.05, 0) is 23.7 Å². The van der Waals surface area contributed by atoms with Gasteiger partial charge in [-0.2, -0.15) is 0 Å². The lowest BCUT2D eigenvalue weighted by molar-refractivity contribution is 0.0899. The van der Waals surface area contributed by atoms with Crippen LogP contribution in [0.1, 0.15) is 5.56 Å². The smallest absolute Gasteiger partial charge is 0.142 e. The summed E-state index contributed by atoms with van der Waals surface area (Å²) in [5.41, 5.74) is 2.27. The van der Waals surface area contributed by atoms with Crippen molar-refractivity contribution in [2.75, 3.05) is 6.61 Å². The lowest BCUT2D eigenvalue weighted by atomic mass is 10.2. The van der Waals surface area contributed by atoms with Gasteiger partial charge in [-0.25, -0.2) is 4.98 Å². The molecule has 2 aromatic rings. The number of pyridine rings is 1. The van der Waals surface area contributed by atoms with Crippen LogP contribution in [0, 0.1) is 0 Å². The number of ether oxygens (including phenoxy) is 1. The molecule has 2 heterocycles. The third-order valence-electron chi connectivity index (χ3n) is 3.12. The fraction of sp³-hybridized carbons (Fsp3) is 0.500. The van der Waals surface area contributed by atoms with E-state index in [1.807, 2.05) is 12.3 Å². The van der Waals surface area contributed by atoms with Gasteiger partial charge in [0.1, 0.15) is 12.4 Å². The Hall–Kier alpha value is -0.653. The maximum Gasteiger partial charge on any atom is 0.142 e. The van der Waals surface area contributed by atoms with Crippen molar-refractivity contribution >= 4 is 35.0 Å². The molecule has 0 atom stereocenters. The van der Waals surface area contributed by atoms with E-state index in [2.05, 4.69) is 57.4 Å². The molecule has 0 N–H and O–H groups in total. The molecule has 0 saturated carbocycles. The van der Waals surface area contributed by atoms with Gasteiger partial charge < -0.3 is 9.30 Å². The number of rotatable bonds is 6.